The molecule has 1 amide bonds. The quantitative estimate of drug-likeness (QED) is 0.836. The molecule has 0 bridgehead atoms. The smallest absolute Gasteiger partial charge is 0.335 e. The summed E-state index contributed by atoms with van der Waals surface area (Å²) >= 11 is 1.39. The lowest BCUT2D eigenvalue weighted by Gasteiger charge is -2.04. The van der Waals surface area contributed by atoms with E-state index in [1.165, 1.54) is 23.9 Å². The van der Waals surface area contributed by atoms with Gasteiger partial charge in [0.2, 0.25) is 0 Å². The van der Waals surface area contributed by atoms with Crippen molar-refractivity contribution < 1.29 is 14.7 Å². The molecule has 94 valence electrons. The maximum atomic E-state index is 12.1. The van der Waals surface area contributed by atoms with Crippen molar-refractivity contribution in [2.45, 2.75) is 9.79 Å². The summed E-state index contributed by atoms with van der Waals surface area (Å²) in [6.45, 7) is 0. The fraction of sp³-hybridized carbons (Fsp3) is 0. The van der Waals surface area contributed by atoms with Crippen molar-refractivity contribution in [3.05, 3.63) is 53.6 Å². The summed E-state index contributed by atoms with van der Waals surface area (Å²) in [7, 11) is 0. The van der Waals surface area contributed by atoms with E-state index in [1.807, 2.05) is 24.3 Å². The van der Waals surface area contributed by atoms with E-state index < -0.39 is 5.97 Å². The summed E-state index contributed by atoms with van der Waals surface area (Å²) in [5.41, 5.74) is 1.41. The van der Waals surface area contributed by atoms with E-state index in [-0.39, 0.29) is 11.5 Å². The number of hydrogen-bond donors (Lipinski definition) is 2. The van der Waals surface area contributed by atoms with E-state index in [0.717, 1.165) is 10.6 Å². The lowest BCUT2D eigenvalue weighted by molar-refractivity contribution is 0.0696. The van der Waals surface area contributed by atoms with Crippen LogP contribution in [0.15, 0.2) is 52.3 Å². The van der Waals surface area contributed by atoms with E-state index in [2.05, 4.69) is 5.32 Å². The third-order valence-corrected chi connectivity index (χ3v) is 3.96. The number of nitrogens with one attached hydrogen (secondary N) is 1. The molecule has 5 heteroatoms. The van der Waals surface area contributed by atoms with E-state index >= 15 is 0 Å². The Morgan fingerprint density at radius 1 is 1.11 bits per heavy atom. The molecule has 0 atom stereocenters. The van der Waals surface area contributed by atoms with Crippen LogP contribution in [-0.2, 0) is 0 Å². The standard InChI is InChI=1S/C14H9NO3S/c16-13-9-6-5-8(14(17)18)7-12(9)19-11-4-2-1-3-10(11)15-13/h1-7H,(H,15,16)(H,17,18). The number of anilines is 1. The van der Waals surface area contributed by atoms with Crippen molar-refractivity contribution in [1.82, 2.24) is 0 Å². The summed E-state index contributed by atoms with van der Waals surface area (Å²) in [6, 6.07) is 12.0. The zero-order valence-electron chi connectivity index (χ0n) is 9.71. The molecule has 0 radical (unpaired) electrons. The molecule has 0 fully saturated rings. The number of benzene rings is 2. The first-order chi connectivity index (χ1) is 9.15. The highest BCUT2D eigenvalue weighted by molar-refractivity contribution is 7.99. The molecule has 3 rings (SSSR count). The molecule has 0 aromatic heterocycles. The van der Waals surface area contributed by atoms with Crippen LogP contribution in [0.5, 0.6) is 0 Å². The predicted molar refractivity (Wildman–Crippen MR) is 71.9 cm³/mol. The molecule has 2 N–H and O–H groups in total. The third-order valence-electron chi connectivity index (χ3n) is 2.83. The first-order valence-electron chi connectivity index (χ1n) is 5.61. The largest absolute Gasteiger partial charge is 0.478 e. The number of carbonyl (C=O) groups excluding carboxylic acids is 1. The van der Waals surface area contributed by atoms with Crippen LogP contribution in [0.3, 0.4) is 0 Å². The Balaban J connectivity index is 2.15. The summed E-state index contributed by atoms with van der Waals surface area (Å²) in [4.78, 5) is 24.6. The van der Waals surface area contributed by atoms with Crippen LogP contribution < -0.4 is 5.32 Å². The number of para-hydroxylation sites is 1. The second-order valence-electron chi connectivity index (χ2n) is 4.07. The Morgan fingerprint density at radius 2 is 1.89 bits per heavy atom. The number of hydrogen-bond acceptors (Lipinski definition) is 3. The van der Waals surface area contributed by atoms with Gasteiger partial charge in [-0.2, -0.15) is 0 Å². The van der Waals surface area contributed by atoms with Crippen LogP contribution in [0.25, 0.3) is 0 Å². The molecule has 1 aliphatic heterocycles. The number of carboxylic acid groups (broad SMARTS) is 1. The van der Waals surface area contributed by atoms with Gasteiger partial charge >= 0.3 is 5.97 Å². The number of rotatable bonds is 1. The minimum absolute atomic E-state index is 0.179. The summed E-state index contributed by atoms with van der Waals surface area (Å²) in [5, 5.41) is 11.8. The van der Waals surface area contributed by atoms with Crippen molar-refractivity contribution in [3.8, 4) is 0 Å². The zero-order valence-corrected chi connectivity index (χ0v) is 10.5. The van der Waals surface area contributed by atoms with E-state index in [9.17, 15) is 9.59 Å². The van der Waals surface area contributed by atoms with E-state index in [1.54, 1.807) is 6.07 Å². The molecule has 1 heterocycles. The second-order valence-corrected chi connectivity index (χ2v) is 5.15. The SMILES string of the molecule is O=C(O)c1ccc2c(c1)Sc1ccccc1NC2=O. The first kappa shape index (κ1) is 11.8. The van der Waals surface area contributed by atoms with Crippen molar-refractivity contribution in [2.75, 3.05) is 5.32 Å². The van der Waals surface area contributed by atoms with E-state index in [4.69, 9.17) is 5.11 Å². The van der Waals surface area contributed by atoms with Crippen LogP contribution in [0.1, 0.15) is 20.7 Å². The molecule has 2 aromatic rings. The number of amides is 1. The normalized spacial score (nSPS) is 12.9. The van der Waals surface area contributed by atoms with Gasteiger partial charge in [-0.05, 0) is 30.3 Å². The van der Waals surface area contributed by atoms with Gasteiger partial charge in [0.1, 0.15) is 0 Å². The van der Waals surface area contributed by atoms with Gasteiger partial charge in [0.15, 0.2) is 0 Å². The van der Waals surface area contributed by atoms with Crippen LogP contribution in [0.4, 0.5) is 5.69 Å². The molecule has 19 heavy (non-hydrogen) atoms. The number of carboxylic acids is 1. The Kier molecular flexibility index (Phi) is 2.76. The molecule has 0 saturated heterocycles. The minimum Gasteiger partial charge on any atom is -0.478 e. The van der Waals surface area contributed by atoms with Gasteiger partial charge in [-0.25, -0.2) is 4.79 Å². The Labute approximate surface area is 113 Å². The van der Waals surface area contributed by atoms with Crippen molar-refractivity contribution in [2.24, 2.45) is 0 Å². The molecule has 0 aliphatic carbocycles. The minimum atomic E-state index is -0.999. The van der Waals surface area contributed by atoms with Crippen LogP contribution in [0.2, 0.25) is 0 Å². The van der Waals surface area contributed by atoms with Crippen LogP contribution in [-0.4, -0.2) is 17.0 Å². The monoisotopic (exact) mass is 271 g/mol. The molecule has 1 aliphatic rings. The fourth-order valence-corrected chi connectivity index (χ4v) is 2.96. The second kappa shape index (κ2) is 4.44. The Morgan fingerprint density at radius 3 is 2.68 bits per heavy atom. The number of fused-ring (bicyclic) bond motifs is 2. The molecule has 0 saturated carbocycles. The van der Waals surface area contributed by atoms with Crippen molar-refractivity contribution in [3.63, 3.8) is 0 Å². The van der Waals surface area contributed by atoms with Crippen LogP contribution in [0, 0.1) is 0 Å². The molecular formula is C14H9NO3S. The number of aromatic carboxylic acids is 1. The Hall–Kier alpha value is -2.27. The van der Waals surface area contributed by atoms with Gasteiger partial charge in [-0.1, -0.05) is 23.9 Å². The highest BCUT2D eigenvalue weighted by atomic mass is 32.2. The fourth-order valence-electron chi connectivity index (χ4n) is 1.89. The lowest BCUT2D eigenvalue weighted by Crippen LogP contribution is -2.12. The van der Waals surface area contributed by atoms with Gasteiger partial charge in [-0.3, -0.25) is 4.79 Å². The molecule has 4 nitrogen and oxygen atoms in total. The molecule has 0 unspecified atom stereocenters. The highest BCUT2D eigenvalue weighted by Gasteiger charge is 2.20. The van der Waals surface area contributed by atoms with Gasteiger partial charge < -0.3 is 10.4 Å². The van der Waals surface area contributed by atoms with Gasteiger partial charge in [0.25, 0.3) is 5.91 Å². The van der Waals surface area contributed by atoms with Crippen molar-refractivity contribution >= 4 is 29.3 Å². The lowest BCUT2D eigenvalue weighted by atomic mass is 10.1. The van der Waals surface area contributed by atoms with Gasteiger partial charge in [0.05, 0.1) is 16.8 Å². The topological polar surface area (TPSA) is 66.4 Å². The molecule has 2 aromatic carbocycles. The molecule has 0 spiro atoms. The van der Waals surface area contributed by atoms with Gasteiger partial charge in [0, 0.05) is 9.79 Å². The van der Waals surface area contributed by atoms with E-state index in [0.29, 0.717) is 10.5 Å². The average Bonchev–Trinajstić information content (AvgIpc) is 2.54. The number of carbonyl (C=O) groups is 2. The highest BCUT2D eigenvalue weighted by Crippen LogP contribution is 2.38. The first-order valence-corrected chi connectivity index (χ1v) is 6.42. The van der Waals surface area contributed by atoms with Crippen molar-refractivity contribution in [1.29, 1.82) is 0 Å². The third kappa shape index (κ3) is 2.08. The summed E-state index contributed by atoms with van der Waals surface area (Å²) in [6.07, 6.45) is 0. The maximum absolute atomic E-state index is 12.1. The maximum Gasteiger partial charge on any atom is 0.335 e. The zero-order chi connectivity index (χ0) is 13.4. The average molecular weight is 271 g/mol. The summed E-state index contributed by atoms with van der Waals surface area (Å²) in [5.74, 6) is -1.22. The summed E-state index contributed by atoms with van der Waals surface area (Å²) < 4.78 is 0. The van der Waals surface area contributed by atoms with Gasteiger partial charge in [-0.15, -0.1) is 0 Å². The Bertz CT molecular complexity index is 697. The molecular weight excluding hydrogens is 262 g/mol. The predicted octanol–water partition coefficient (Wildman–Crippen LogP) is 3.10. The van der Waals surface area contributed by atoms with Crippen LogP contribution >= 0.6 is 11.8 Å².